The summed E-state index contributed by atoms with van der Waals surface area (Å²) >= 11 is 2.24. The molecule has 3 nitrogen and oxygen atoms in total. The van der Waals surface area contributed by atoms with Gasteiger partial charge in [-0.2, -0.15) is 0 Å². The summed E-state index contributed by atoms with van der Waals surface area (Å²) in [5, 5.41) is 0. The van der Waals surface area contributed by atoms with Crippen LogP contribution in [0.15, 0.2) is 24.3 Å². The molecule has 0 radical (unpaired) electrons. The lowest BCUT2D eigenvalue weighted by Crippen LogP contribution is -2.40. The molecule has 100 valence electrons. The number of hydrogen-bond acceptors (Lipinski definition) is 2. The van der Waals surface area contributed by atoms with Gasteiger partial charge in [0, 0.05) is 28.8 Å². The highest BCUT2D eigenvalue weighted by Crippen LogP contribution is 2.13. The number of hydrogen-bond donors (Lipinski definition) is 0. The van der Waals surface area contributed by atoms with Crippen molar-refractivity contribution in [1.82, 2.24) is 4.90 Å². The van der Waals surface area contributed by atoms with E-state index in [0.29, 0.717) is 13.2 Å². The van der Waals surface area contributed by atoms with Crippen molar-refractivity contribution in [2.75, 3.05) is 20.3 Å². The fourth-order valence-electron chi connectivity index (χ4n) is 1.69. The first-order chi connectivity index (χ1) is 8.60. The maximum Gasteiger partial charge on any atom is 0.254 e. The Morgan fingerprint density at radius 2 is 2.00 bits per heavy atom. The van der Waals surface area contributed by atoms with Crippen LogP contribution in [0.25, 0.3) is 0 Å². The molecule has 0 heterocycles. The van der Waals surface area contributed by atoms with Crippen molar-refractivity contribution >= 4 is 28.5 Å². The third-order valence-electron chi connectivity index (χ3n) is 3.01. The predicted octanol–water partition coefficient (Wildman–Crippen LogP) is 3.18. The molecule has 0 saturated carbocycles. The number of nitrogens with zero attached hydrogens (tertiary/aromatic N) is 1. The number of carbonyl (C=O) groups is 1. The van der Waals surface area contributed by atoms with Crippen LogP contribution in [0.1, 0.15) is 30.6 Å². The Kier molecular flexibility index (Phi) is 6.63. The molecule has 1 amide bonds. The van der Waals surface area contributed by atoms with E-state index in [-0.39, 0.29) is 11.9 Å². The van der Waals surface area contributed by atoms with Gasteiger partial charge in [-0.25, -0.2) is 0 Å². The maximum absolute atomic E-state index is 12.4. The quantitative estimate of drug-likeness (QED) is 0.729. The van der Waals surface area contributed by atoms with Crippen LogP contribution < -0.4 is 0 Å². The van der Waals surface area contributed by atoms with E-state index < -0.39 is 0 Å². The Bertz CT molecular complexity index is 378. The van der Waals surface area contributed by atoms with Crippen LogP contribution in [0.5, 0.6) is 0 Å². The van der Waals surface area contributed by atoms with Gasteiger partial charge < -0.3 is 9.64 Å². The Labute approximate surface area is 123 Å². The van der Waals surface area contributed by atoms with Gasteiger partial charge in [-0.05, 0) is 60.2 Å². The van der Waals surface area contributed by atoms with Gasteiger partial charge >= 0.3 is 0 Å². The lowest BCUT2D eigenvalue weighted by molar-refractivity contribution is 0.0614. The lowest BCUT2D eigenvalue weighted by Gasteiger charge is -2.28. The summed E-state index contributed by atoms with van der Waals surface area (Å²) in [4.78, 5) is 14.3. The van der Waals surface area contributed by atoms with Gasteiger partial charge in [-0.1, -0.05) is 6.92 Å². The van der Waals surface area contributed by atoms with Crippen LogP contribution in [0, 0.1) is 3.57 Å². The summed E-state index contributed by atoms with van der Waals surface area (Å²) in [7, 11) is 1.66. The van der Waals surface area contributed by atoms with Crippen molar-refractivity contribution in [1.29, 1.82) is 0 Å². The molecule has 1 atom stereocenters. The van der Waals surface area contributed by atoms with E-state index in [4.69, 9.17) is 4.74 Å². The molecular formula is C14H20INO2. The molecule has 1 unspecified atom stereocenters. The normalized spacial score (nSPS) is 12.2. The minimum Gasteiger partial charge on any atom is -0.383 e. The van der Waals surface area contributed by atoms with Crippen LogP contribution in [0.2, 0.25) is 0 Å². The second-order valence-corrected chi connectivity index (χ2v) is 5.50. The zero-order chi connectivity index (χ0) is 13.5. The maximum atomic E-state index is 12.4. The highest BCUT2D eigenvalue weighted by molar-refractivity contribution is 14.1. The smallest absolute Gasteiger partial charge is 0.254 e. The van der Waals surface area contributed by atoms with Crippen LogP contribution in [0.3, 0.4) is 0 Å². The second-order valence-electron chi connectivity index (χ2n) is 4.26. The minimum atomic E-state index is 0.0813. The lowest BCUT2D eigenvalue weighted by atomic mass is 10.1. The Morgan fingerprint density at radius 3 is 2.50 bits per heavy atom. The molecule has 4 heteroatoms. The highest BCUT2D eigenvalue weighted by atomic mass is 127. The average molecular weight is 361 g/mol. The number of benzene rings is 1. The van der Waals surface area contributed by atoms with Crippen molar-refractivity contribution < 1.29 is 9.53 Å². The first-order valence-electron chi connectivity index (χ1n) is 6.15. The van der Waals surface area contributed by atoms with Crippen molar-refractivity contribution in [3.63, 3.8) is 0 Å². The van der Waals surface area contributed by atoms with E-state index in [1.165, 1.54) is 0 Å². The zero-order valence-electron chi connectivity index (χ0n) is 11.1. The van der Waals surface area contributed by atoms with Gasteiger partial charge in [0.25, 0.3) is 5.91 Å². The van der Waals surface area contributed by atoms with E-state index in [1.807, 2.05) is 29.2 Å². The van der Waals surface area contributed by atoms with Crippen molar-refractivity contribution in [2.24, 2.45) is 0 Å². The van der Waals surface area contributed by atoms with E-state index >= 15 is 0 Å². The van der Waals surface area contributed by atoms with Crippen LogP contribution in [-0.2, 0) is 4.74 Å². The molecule has 0 bridgehead atoms. The van der Waals surface area contributed by atoms with Crippen molar-refractivity contribution in [3.05, 3.63) is 33.4 Å². The Hall–Kier alpha value is -0.620. The van der Waals surface area contributed by atoms with Gasteiger partial charge in [0.15, 0.2) is 0 Å². The van der Waals surface area contributed by atoms with E-state index in [0.717, 1.165) is 15.6 Å². The van der Waals surface area contributed by atoms with Gasteiger partial charge in [-0.3, -0.25) is 4.79 Å². The third-order valence-corrected chi connectivity index (χ3v) is 3.73. The zero-order valence-corrected chi connectivity index (χ0v) is 13.3. The Morgan fingerprint density at radius 1 is 1.39 bits per heavy atom. The fourth-order valence-corrected chi connectivity index (χ4v) is 2.05. The summed E-state index contributed by atoms with van der Waals surface area (Å²) in [6.45, 7) is 5.36. The standard InChI is InChI=1S/C14H20INO2/c1-4-11(2)16(9-10-18-3)14(17)12-5-7-13(15)8-6-12/h5-8,11H,4,9-10H2,1-3H3. The number of carbonyl (C=O) groups excluding carboxylic acids is 1. The van der Waals surface area contributed by atoms with Gasteiger partial charge in [0.05, 0.1) is 6.61 Å². The molecule has 0 saturated heterocycles. The highest BCUT2D eigenvalue weighted by Gasteiger charge is 2.19. The predicted molar refractivity (Wildman–Crippen MR) is 81.8 cm³/mol. The molecule has 0 N–H and O–H groups in total. The molecular weight excluding hydrogens is 341 g/mol. The number of ether oxygens (including phenoxy) is 1. The molecule has 1 rings (SSSR count). The monoisotopic (exact) mass is 361 g/mol. The van der Waals surface area contributed by atoms with Gasteiger partial charge in [0.1, 0.15) is 0 Å². The number of amides is 1. The molecule has 1 aromatic rings. The Balaban J connectivity index is 2.83. The molecule has 0 spiro atoms. The number of methoxy groups -OCH3 is 1. The largest absolute Gasteiger partial charge is 0.383 e. The summed E-state index contributed by atoms with van der Waals surface area (Å²) in [6.07, 6.45) is 0.944. The molecule has 0 aliphatic rings. The topological polar surface area (TPSA) is 29.5 Å². The van der Waals surface area contributed by atoms with Crippen molar-refractivity contribution in [3.8, 4) is 0 Å². The third kappa shape index (κ3) is 4.24. The summed E-state index contributed by atoms with van der Waals surface area (Å²) < 4.78 is 6.21. The molecule has 18 heavy (non-hydrogen) atoms. The second kappa shape index (κ2) is 7.74. The first-order valence-corrected chi connectivity index (χ1v) is 7.23. The average Bonchev–Trinajstić information content (AvgIpc) is 2.39. The molecule has 0 fully saturated rings. The molecule has 1 aromatic carbocycles. The fraction of sp³-hybridized carbons (Fsp3) is 0.500. The number of rotatable bonds is 6. The van der Waals surface area contributed by atoms with E-state index in [2.05, 4.69) is 36.4 Å². The summed E-state index contributed by atoms with van der Waals surface area (Å²) in [6, 6.07) is 7.91. The summed E-state index contributed by atoms with van der Waals surface area (Å²) in [5.74, 6) is 0.0813. The van der Waals surface area contributed by atoms with Crippen LogP contribution in [-0.4, -0.2) is 37.1 Å². The van der Waals surface area contributed by atoms with Crippen LogP contribution in [0.4, 0.5) is 0 Å². The van der Waals surface area contributed by atoms with Gasteiger partial charge in [-0.15, -0.1) is 0 Å². The SMILES string of the molecule is CCC(C)N(CCOC)C(=O)c1ccc(I)cc1. The van der Waals surface area contributed by atoms with Crippen LogP contribution >= 0.6 is 22.6 Å². The molecule has 0 aromatic heterocycles. The first kappa shape index (κ1) is 15.4. The minimum absolute atomic E-state index is 0.0813. The van der Waals surface area contributed by atoms with E-state index in [9.17, 15) is 4.79 Å². The molecule has 0 aliphatic carbocycles. The van der Waals surface area contributed by atoms with E-state index in [1.54, 1.807) is 7.11 Å². The molecule has 0 aliphatic heterocycles. The van der Waals surface area contributed by atoms with Crippen molar-refractivity contribution in [2.45, 2.75) is 26.3 Å². The summed E-state index contributed by atoms with van der Waals surface area (Å²) in [5.41, 5.74) is 0.742. The number of halogens is 1. The van der Waals surface area contributed by atoms with Gasteiger partial charge in [0.2, 0.25) is 0 Å².